The van der Waals surface area contributed by atoms with E-state index < -0.39 is 11.7 Å². The summed E-state index contributed by atoms with van der Waals surface area (Å²) in [6.07, 6.45) is -2.20. The highest BCUT2D eigenvalue weighted by Crippen LogP contribution is 2.38. The molecule has 100 valence electrons. The van der Waals surface area contributed by atoms with Gasteiger partial charge in [-0.25, -0.2) is 0 Å². The Morgan fingerprint density at radius 1 is 1.33 bits per heavy atom. The van der Waals surface area contributed by atoms with Gasteiger partial charge in [0.25, 0.3) is 0 Å². The van der Waals surface area contributed by atoms with E-state index in [1.807, 2.05) is 0 Å². The third kappa shape index (κ3) is 2.96. The van der Waals surface area contributed by atoms with Crippen LogP contribution in [0.15, 0.2) is 18.2 Å². The van der Waals surface area contributed by atoms with Crippen LogP contribution in [0.2, 0.25) is 0 Å². The van der Waals surface area contributed by atoms with Crippen molar-refractivity contribution < 1.29 is 18.3 Å². The summed E-state index contributed by atoms with van der Waals surface area (Å²) in [5.74, 6) is 0.522. The van der Waals surface area contributed by atoms with Crippen molar-refractivity contribution in [3.05, 3.63) is 29.3 Å². The van der Waals surface area contributed by atoms with Crippen LogP contribution in [0.1, 0.15) is 24.0 Å². The van der Waals surface area contributed by atoms with Crippen LogP contribution in [0.4, 0.5) is 18.9 Å². The molecular weight excluding hydrogens is 243 g/mol. The topological polar surface area (TPSA) is 23.5 Å². The van der Waals surface area contributed by atoms with Gasteiger partial charge in [-0.3, -0.25) is 0 Å². The van der Waals surface area contributed by atoms with E-state index in [1.165, 1.54) is 12.1 Å². The Morgan fingerprint density at radius 2 is 2.00 bits per heavy atom. The van der Waals surface area contributed by atoms with E-state index in [2.05, 4.69) is 0 Å². The fraction of sp³-hybridized carbons (Fsp3) is 0.538. The molecule has 0 aromatic heterocycles. The van der Waals surface area contributed by atoms with E-state index in [4.69, 9.17) is 5.11 Å². The minimum absolute atomic E-state index is 0.187. The Kier molecular flexibility index (Phi) is 3.52. The summed E-state index contributed by atoms with van der Waals surface area (Å²) in [4.78, 5) is 1.65. The van der Waals surface area contributed by atoms with Gasteiger partial charge in [-0.2, -0.15) is 13.2 Å². The normalized spacial score (nSPS) is 15.8. The Morgan fingerprint density at radius 3 is 2.50 bits per heavy atom. The highest BCUT2D eigenvalue weighted by Gasteiger charge is 2.35. The highest BCUT2D eigenvalue weighted by molar-refractivity contribution is 5.56. The van der Waals surface area contributed by atoms with Crippen molar-refractivity contribution in [1.82, 2.24) is 0 Å². The van der Waals surface area contributed by atoms with Gasteiger partial charge in [0.15, 0.2) is 0 Å². The summed E-state index contributed by atoms with van der Waals surface area (Å²) < 4.78 is 38.9. The van der Waals surface area contributed by atoms with Crippen LogP contribution in [-0.2, 0) is 12.8 Å². The lowest BCUT2D eigenvalue weighted by molar-refractivity contribution is -0.137. The van der Waals surface area contributed by atoms with Gasteiger partial charge in [0, 0.05) is 19.3 Å². The minimum Gasteiger partial charge on any atom is -0.392 e. The number of alkyl halides is 3. The molecule has 0 bridgehead atoms. The van der Waals surface area contributed by atoms with Gasteiger partial charge in [0.1, 0.15) is 0 Å². The summed E-state index contributed by atoms with van der Waals surface area (Å²) in [5, 5.41) is 8.93. The monoisotopic (exact) mass is 259 g/mol. The largest absolute Gasteiger partial charge is 0.418 e. The van der Waals surface area contributed by atoms with E-state index in [1.54, 1.807) is 11.9 Å². The Hall–Kier alpha value is -1.23. The quantitative estimate of drug-likeness (QED) is 0.898. The molecule has 0 unspecified atom stereocenters. The van der Waals surface area contributed by atoms with E-state index >= 15 is 0 Å². The molecule has 18 heavy (non-hydrogen) atoms. The van der Waals surface area contributed by atoms with Crippen LogP contribution >= 0.6 is 0 Å². The molecule has 0 atom stereocenters. The number of hydrogen-bond acceptors (Lipinski definition) is 2. The lowest BCUT2D eigenvalue weighted by Gasteiger charge is -2.24. The average molecular weight is 259 g/mol. The van der Waals surface area contributed by atoms with E-state index in [-0.39, 0.29) is 17.9 Å². The van der Waals surface area contributed by atoms with Crippen LogP contribution in [0.3, 0.4) is 0 Å². The zero-order valence-corrected chi connectivity index (χ0v) is 10.2. The molecule has 2 nitrogen and oxygen atoms in total. The Bertz CT molecular complexity index is 427. The number of nitrogens with zero attached hydrogens (tertiary/aromatic N) is 1. The fourth-order valence-electron chi connectivity index (χ4n) is 2.03. The van der Waals surface area contributed by atoms with Crippen molar-refractivity contribution in [2.45, 2.75) is 25.6 Å². The molecule has 1 aromatic carbocycles. The van der Waals surface area contributed by atoms with Crippen LogP contribution in [0.5, 0.6) is 0 Å². The van der Waals surface area contributed by atoms with Gasteiger partial charge in [0.05, 0.1) is 12.2 Å². The van der Waals surface area contributed by atoms with Crippen LogP contribution in [0.25, 0.3) is 0 Å². The maximum Gasteiger partial charge on any atom is 0.418 e. The summed E-state index contributed by atoms with van der Waals surface area (Å²) in [7, 11) is 1.68. The van der Waals surface area contributed by atoms with Crippen molar-refractivity contribution in [3.8, 4) is 0 Å². The van der Waals surface area contributed by atoms with Crippen LogP contribution in [-0.4, -0.2) is 18.7 Å². The van der Waals surface area contributed by atoms with Gasteiger partial charge in [-0.15, -0.1) is 0 Å². The molecule has 1 N–H and O–H groups in total. The number of benzene rings is 1. The van der Waals surface area contributed by atoms with Crippen molar-refractivity contribution in [2.75, 3.05) is 18.5 Å². The van der Waals surface area contributed by atoms with E-state index in [9.17, 15) is 13.2 Å². The number of aliphatic hydroxyl groups is 1. The number of hydrogen-bond donors (Lipinski definition) is 1. The van der Waals surface area contributed by atoms with Crippen molar-refractivity contribution in [1.29, 1.82) is 0 Å². The van der Waals surface area contributed by atoms with Gasteiger partial charge in [0.2, 0.25) is 0 Å². The number of halogens is 3. The molecule has 1 aliphatic rings. The summed E-state index contributed by atoms with van der Waals surface area (Å²) in [5.41, 5.74) is -0.199. The molecular formula is C13H16F3NO. The molecule has 1 saturated carbocycles. The van der Waals surface area contributed by atoms with Gasteiger partial charge >= 0.3 is 6.18 Å². The minimum atomic E-state index is -4.39. The second-order valence-electron chi connectivity index (χ2n) is 4.83. The summed E-state index contributed by atoms with van der Waals surface area (Å²) in [6, 6.07) is 4.00. The van der Waals surface area contributed by atoms with E-state index in [0.717, 1.165) is 18.9 Å². The molecule has 0 aliphatic heterocycles. The number of aliphatic hydroxyl groups excluding tert-OH is 1. The van der Waals surface area contributed by atoms with Gasteiger partial charge in [-0.1, -0.05) is 6.07 Å². The molecule has 0 spiro atoms. The standard InChI is InChI=1S/C13H16F3NO/c1-17(7-9-2-3-9)12-5-4-10(8-18)6-11(12)13(14,15)16/h4-6,9,18H,2-3,7-8H2,1H3. The van der Waals surface area contributed by atoms with Crippen molar-refractivity contribution in [2.24, 2.45) is 5.92 Å². The van der Waals surface area contributed by atoms with Crippen LogP contribution < -0.4 is 4.90 Å². The zero-order valence-electron chi connectivity index (χ0n) is 10.2. The van der Waals surface area contributed by atoms with Gasteiger partial charge in [-0.05, 0) is 36.5 Å². The molecule has 2 rings (SSSR count). The first-order valence-corrected chi connectivity index (χ1v) is 5.94. The molecule has 0 radical (unpaired) electrons. The smallest absolute Gasteiger partial charge is 0.392 e. The third-order valence-electron chi connectivity index (χ3n) is 3.19. The first kappa shape index (κ1) is 13.2. The highest BCUT2D eigenvalue weighted by atomic mass is 19.4. The fourth-order valence-corrected chi connectivity index (χ4v) is 2.03. The molecule has 0 heterocycles. The summed E-state index contributed by atoms with van der Waals surface area (Å²) >= 11 is 0. The first-order valence-electron chi connectivity index (χ1n) is 5.94. The van der Waals surface area contributed by atoms with Gasteiger partial charge < -0.3 is 10.0 Å². The average Bonchev–Trinajstić information content (AvgIpc) is 3.11. The van der Waals surface area contributed by atoms with E-state index in [0.29, 0.717) is 12.5 Å². The third-order valence-corrected chi connectivity index (χ3v) is 3.19. The predicted octanol–water partition coefficient (Wildman–Crippen LogP) is 3.04. The SMILES string of the molecule is CN(CC1CC1)c1ccc(CO)cc1C(F)(F)F. The van der Waals surface area contributed by atoms with Crippen molar-refractivity contribution >= 4 is 5.69 Å². The molecule has 1 aliphatic carbocycles. The number of anilines is 1. The second kappa shape index (κ2) is 4.80. The summed E-state index contributed by atoms with van der Waals surface area (Å²) in [6.45, 7) is 0.275. The second-order valence-corrected chi connectivity index (χ2v) is 4.83. The first-order chi connectivity index (χ1) is 8.41. The van der Waals surface area contributed by atoms with Crippen molar-refractivity contribution in [3.63, 3.8) is 0 Å². The molecule has 1 fully saturated rings. The maximum atomic E-state index is 13.0. The molecule has 1 aromatic rings. The molecule has 0 amide bonds. The predicted molar refractivity (Wildman–Crippen MR) is 63.4 cm³/mol. The Balaban J connectivity index is 2.31. The maximum absolute atomic E-state index is 13.0. The zero-order chi connectivity index (χ0) is 13.3. The molecule has 0 saturated heterocycles. The van der Waals surface area contributed by atoms with Crippen LogP contribution in [0, 0.1) is 5.92 Å². The lowest BCUT2D eigenvalue weighted by Crippen LogP contribution is -2.23. The molecule has 5 heteroatoms. The number of rotatable bonds is 4. The Labute approximate surface area is 104 Å². The lowest BCUT2D eigenvalue weighted by atomic mass is 10.1.